The minimum Gasteiger partial charge on any atom is -0.329 e. The number of anilines is 2. The number of aromatic nitrogens is 2. The number of imidazole rings is 1. The number of halogens is 1. The van der Waals surface area contributed by atoms with Crippen LogP contribution < -0.4 is 10.6 Å². The predicted molar refractivity (Wildman–Crippen MR) is 127 cm³/mol. The van der Waals surface area contributed by atoms with Gasteiger partial charge in [0.15, 0.2) is 5.16 Å². The van der Waals surface area contributed by atoms with E-state index in [9.17, 15) is 14.0 Å². The van der Waals surface area contributed by atoms with Crippen LogP contribution in [0.15, 0.2) is 89.2 Å². The van der Waals surface area contributed by atoms with Crippen LogP contribution in [0.1, 0.15) is 26.3 Å². The molecule has 0 fully saturated rings. The number of nitrogens with one attached hydrogen (secondary N) is 2. The summed E-state index contributed by atoms with van der Waals surface area (Å²) in [6.45, 7) is 1.84. The lowest BCUT2D eigenvalue weighted by atomic mass is 10.1. The summed E-state index contributed by atoms with van der Waals surface area (Å²) in [5.41, 5.74) is 2.53. The number of amides is 2. The van der Waals surface area contributed by atoms with Crippen LogP contribution in [-0.4, -0.2) is 21.4 Å². The van der Waals surface area contributed by atoms with Gasteiger partial charge < -0.3 is 15.2 Å². The van der Waals surface area contributed by atoms with Gasteiger partial charge in [0.05, 0.1) is 5.69 Å². The normalized spacial score (nSPS) is 10.6. The lowest BCUT2D eigenvalue weighted by Crippen LogP contribution is -2.16. The Kier molecular flexibility index (Phi) is 6.55. The first kappa shape index (κ1) is 22.3. The number of hydrogen-bond acceptors (Lipinski definition) is 4. The topological polar surface area (TPSA) is 76.0 Å². The molecule has 2 amide bonds. The Morgan fingerprint density at radius 2 is 1.64 bits per heavy atom. The summed E-state index contributed by atoms with van der Waals surface area (Å²) in [4.78, 5) is 30.4. The van der Waals surface area contributed by atoms with Crippen molar-refractivity contribution in [1.82, 2.24) is 9.55 Å². The molecule has 1 aromatic heterocycles. The molecule has 2 N–H and O–H groups in total. The summed E-state index contributed by atoms with van der Waals surface area (Å²) in [6, 6.07) is 18.1. The summed E-state index contributed by atoms with van der Waals surface area (Å²) < 4.78 is 15.8. The van der Waals surface area contributed by atoms with Crippen molar-refractivity contribution in [2.24, 2.45) is 7.05 Å². The van der Waals surface area contributed by atoms with E-state index in [1.54, 1.807) is 54.7 Å². The lowest BCUT2D eigenvalue weighted by molar-refractivity contribution is 0.101. The minimum atomic E-state index is -0.464. The molecule has 1 heterocycles. The molecule has 0 bridgehead atoms. The Labute approximate surface area is 194 Å². The van der Waals surface area contributed by atoms with Crippen molar-refractivity contribution < 1.29 is 14.0 Å². The van der Waals surface area contributed by atoms with Crippen LogP contribution in [0.3, 0.4) is 0 Å². The fraction of sp³-hybridized carbons (Fsp3) is 0.0800. The van der Waals surface area contributed by atoms with Crippen molar-refractivity contribution in [2.45, 2.75) is 17.0 Å². The molecule has 0 spiro atoms. The molecular weight excluding hydrogens is 439 g/mol. The Morgan fingerprint density at radius 3 is 2.36 bits per heavy atom. The molecule has 6 nitrogen and oxygen atoms in total. The van der Waals surface area contributed by atoms with E-state index < -0.39 is 11.7 Å². The van der Waals surface area contributed by atoms with Gasteiger partial charge in [0, 0.05) is 41.2 Å². The Balaban J connectivity index is 1.56. The Hall–Kier alpha value is -3.91. The van der Waals surface area contributed by atoms with E-state index in [2.05, 4.69) is 15.6 Å². The Bertz CT molecular complexity index is 1320. The second-order valence-electron chi connectivity index (χ2n) is 7.37. The standard InChI is InChI=1S/C25H21FN4O2S/c1-16-8-9-18(14-20(16)28-23(31)17-6-4-3-5-7-17)24(32)29-21-15-19(26)10-11-22(21)33-25-27-12-13-30(25)2/h3-15H,1-2H3,(H,28,31)(H,29,32). The van der Waals surface area contributed by atoms with Gasteiger partial charge in [-0.25, -0.2) is 9.37 Å². The van der Waals surface area contributed by atoms with E-state index >= 15 is 0 Å². The van der Waals surface area contributed by atoms with Crippen LogP contribution in [0.5, 0.6) is 0 Å². The highest BCUT2D eigenvalue weighted by Gasteiger charge is 2.15. The van der Waals surface area contributed by atoms with E-state index in [0.29, 0.717) is 32.6 Å². The van der Waals surface area contributed by atoms with E-state index in [0.717, 1.165) is 5.56 Å². The van der Waals surface area contributed by atoms with Crippen molar-refractivity contribution in [3.63, 3.8) is 0 Å². The predicted octanol–water partition coefficient (Wildman–Crippen LogP) is 5.52. The molecule has 0 aliphatic rings. The summed E-state index contributed by atoms with van der Waals surface area (Å²) in [6.07, 6.45) is 3.48. The molecule has 0 saturated heterocycles. The molecule has 0 aliphatic carbocycles. The molecule has 0 saturated carbocycles. The highest BCUT2D eigenvalue weighted by atomic mass is 32.2. The maximum absolute atomic E-state index is 14.0. The largest absolute Gasteiger partial charge is 0.329 e. The van der Waals surface area contributed by atoms with Crippen molar-refractivity contribution >= 4 is 35.0 Å². The van der Waals surface area contributed by atoms with Gasteiger partial charge in [0.2, 0.25) is 0 Å². The first-order valence-corrected chi connectivity index (χ1v) is 11.0. The van der Waals surface area contributed by atoms with Crippen LogP contribution in [-0.2, 0) is 7.05 Å². The second kappa shape index (κ2) is 9.70. The molecule has 0 radical (unpaired) electrons. The van der Waals surface area contributed by atoms with Gasteiger partial charge in [-0.1, -0.05) is 24.3 Å². The maximum Gasteiger partial charge on any atom is 0.255 e. The highest BCUT2D eigenvalue weighted by Crippen LogP contribution is 2.33. The third-order valence-corrected chi connectivity index (χ3v) is 6.10. The average Bonchev–Trinajstić information content (AvgIpc) is 3.21. The number of benzene rings is 3. The molecule has 3 aromatic carbocycles. The highest BCUT2D eigenvalue weighted by molar-refractivity contribution is 7.99. The zero-order valence-electron chi connectivity index (χ0n) is 18.0. The van der Waals surface area contributed by atoms with Gasteiger partial charge in [-0.05, 0) is 66.7 Å². The SMILES string of the molecule is Cc1ccc(C(=O)Nc2cc(F)ccc2Sc2nccn2C)cc1NC(=O)c1ccccc1. The van der Waals surface area contributed by atoms with Crippen LogP contribution in [0.25, 0.3) is 0 Å². The first-order chi connectivity index (χ1) is 15.9. The summed E-state index contributed by atoms with van der Waals surface area (Å²) in [5, 5.41) is 6.34. The molecule has 4 aromatic rings. The number of carbonyl (C=O) groups is 2. The number of nitrogens with zero attached hydrogens (tertiary/aromatic N) is 2. The third kappa shape index (κ3) is 5.30. The van der Waals surface area contributed by atoms with Crippen LogP contribution in [0.4, 0.5) is 15.8 Å². The van der Waals surface area contributed by atoms with Gasteiger partial charge in [-0.3, -0.25) is 9.59 Å². The molecule has 8 heteroatoms. The maximum atomic E-state index is 14.0. The smallest absolute Gasteiger partial charge is 0.255 e. The van der Waals surface area contributed by atoms with Gasteiger partial charge in [0.1, 0.15) is 5.82 Å². The zero-order valence-corrected chi connectivity index (χ0v) is 18.8. The number of hydrogen-bond donors (Lipinski definition) is 2. The van der Waals surface area contributed by atoms with E-state index in [1.807, 2.05) is 30.8 Å². The van der Waals surface area contributed by atoms with E-state index in [4.69, 9.17) is 0 Å². The number of rotatable bonds is 6. The van der Waals surface area contributed by atoms with Crippen molar-refractivity contribution in [1.29, 1.82) is 0 Å². The molecule has 4 rings (SSSR count). The molecule has 33 heavy (non-hydrogen) atoms. The Morgan fingerprint density at radius 1 is 0.909 bits per heavy atom. The summed E-state index contributed by atoms with van der Waals surface area (Å²) >= 11 is 1.32. The summed E-state index contributed by atoms with van der Waals surface area (Å²) in [7, 11) is 1.86. The van der Waals surface area contributed by atoms with E-state index in [-0.39, 0.29) is 5.91 Å². The monoisotopic (exact) mass is 460 g/mol. The van der Waals surface area contributed by atoms with Crippen LogP contribution >= 0.6 is 11.8 Å². The van der Waals surface area contributed by atoms with Gasteiger partial charge in [-0.2, -0.15) is 0 Å². The summed E-state index contributed by atoms with van der Waals surface area (Å²) in [5.74, 6) is -1.15. The van der Waals surface area contributed by atoms with Crippen molar-refractivity contribution in [2.75, 3.05) is 10.6 Å². The van der Waals surface area contributed by atoms with Gasteiger partial charge >= 0.3 is 0 Å². The first-order valence-electron chi connectivity index (χ1n) is 10.1. The fourth-order valence-corrected chi connectivity index (χ4v) is 3.99. The molecule has 166 valence electrons. The van der Waals surface area contributed by atoms with E-state index in [1.165, 1.54) is 23.9 Å². The second-order valence-corrected chi connectivity index (χ2v) is 8.38. The zero-order chi connectivity index (χ0) is 23.4. The minimum absolute atomic E-state index is 0.268. The molecule has 0 atom stereocenters. The fourth-order valence-electron chi connectivity index (χ4n) is 3.11. The number of aryl methyl sites for hydroxylation is 2. The average molecular weight is 461 g/mol. The number of carbonyl (C=O) groups excluding carboxylic acids is 2. The van der Waals surface area contributed by atoms with Crippen molar-refractivity contribution in [3.05, 3.63) is 102 Å². The van der Waals surface area contributed by atoms with Crippen LogP contribution in [0, 0.1) is 12.7 Å². The lowest BCUT2D eigenvalue weighted by Gasteiger charge is -2.13. The quantitative estimate of drug-likeness (QED) is 0.397. The van der Waals surface area contributed by atoms with Crippen LogP contribution in [0.2, 0.25) is 0 Å². The molecule has 0 unspecified atom stereocenters. The van der Waals surface area contributed by atoms with Gasteiger partial charge in [0.25, 0.3) is 11.8 Å². The molecular formula is C25H21FN4O2S. The van der Waals surface area contributed by atoms with Gasteiger partial charge in [-0.15, -0.1) is 0 Å². The van der Waals surface area contributed by atoms with Crippen molar-refractivity contribution in [3.8, 4) is 0 Å². The third-order valence-electron chi connectivity index (χ3n) is 4.95. The molecule has 0 aliphatic heterocycles.